The van der Waals surface area contributed by atoms with Gasteiger partial charge in [0.25, 0.3) is 0 Å². The second-order valence-electron chi connectivity index (χ2n) is 5.34. The van der Waals surface area contributed by atoms with Crippen molar-refractivity contribution in [2.75, 3.05) is 20.1 Å². The van der Waals surface area contributed by atoms with Crippen LogP contribution >= 0.6 is 0 Å². The maximum absolute atomic E-state index is 4.15. The Labute approximate surface area is 111 Å². The molecule has 0 amide bonds. The lowest BCUT2D eigenvalue weighted by atomic mass is 10.0. The van der Waals surface area contributed by atoms with Crippen molar-refractivity contribution in [2.45, 2.75) is 52.7 Å². The van der Waals surface area contributed by atoms with Crippen LogP contribution in [0.2, 0.25) is 0 Å². The second-order valence-corrected chi connectivity index (χ2v) is 5.34. The van der Waals surface area contributed by atoms with Crippen molar-refractivity contribution in [1.29, 1.82) is 0 Å². The molecule has 0 atom stereocenters. The van der Waals surface area contributed by atoms with E-state index in [1.165, 1.54) is 0 Å². The minimum absolute atomic E-state index is 0.243. The van der Waals surface area contributed by atoms with Gasteiger partial charge in [-0.15, -0.1) is 5.10 Å². The molecule has 0 aliphatic heterocycles. The molecule has 0 aliphatic carbocycles. The van der Waals surface area contributed by atoms with E-state index in [0.29, 0.717) is 0 Å². The molecule has 0 unspecified atom stereocenters. The Bertz CT molecular complexity index is 345. The monoisotopic (exact) mass is 253 g/mol. The fourth-order valence-corrected chi connectivity index (χ4v) is 1.61. The molecule has 0 saturated heterocycles. The number of rotatable bonds is 8. The van der Waals surface area contributed by atoms with Crippen molar-refractivity contribution in [1.82, 2.24) is 25.2 Å². The third-order valence-electron chi connectivity index (χ3n) is 3.71. The molecule has 1 aromatic heterocycles. The average Bonchev–Trinajstić information content (AvgIpc) is 2.81. The average molecular weight is 253 g/mol. The van der Waals surface area contributed by atoms with Crippen LogP contribution in [0, 0.1) is 0 Å². The molecule has 1 N–H and O–H groups in total. The summed E-state index contributed by atoms with van der Waals surface area (Å²) >= 11 is 0. The Morgan fingerprint density at radius 2 is 2.11 bits per heavy atom. The molecule has 0 fully saturated rings. The molecule has 0 radical (unpaired) electrons. The van der Waals surface area contributed by atoms with Crippen LogP contribution in [0.3, 0.4) is 0 Å². The number of nitrogens with one attached hydrogen (secondary N) is 1. The highest BCUT2D eigenvalue weighted by atomic mass is 15.4. The minimum atomic E-state index is 0.243. The van der Waals surface area contributed by atoms with Crippen molar-refractivity contribution < 1.29 is 0 Å². The van der Waals surface area contributed by atoms with Crippen LogP contribution in [-0.4, -0.2) is 45.6 Å². The molecule has 1 rings (SSSR count). The topological polar surface area (TPSA) is 46.0 Å². The van der Waals surface area contributed by atoms with Crippen molar-refractivity contribution in [3.8, 4) is 0 Å². The van der Waals surface area contributed by atoms with Crippen LogP contribution in [0.1, 0.15) is 39.8 Å². The number of nitrogens with zero attached hydrogens (tertiary/aromatic N) is 4. The normalized spacial score (nSPS) is 12.3. The van der Waals surface area contributed by atoms with Crippen molar-refractivity contribution in [3.05, 3.63) is 11.9 Å². The van der Waals surface area contributed by atoms with E-state index in [2.05, 4.69) is 55.3 Å². The molecular formula is C13H27N5. The summed E-state index contributed by atoms with van der Waals surface area (Å²) < 4.78 is 1.93. The fraction of sp³-hybridized carbons (Fsp3) is 0.846. The van der Waals surface area contributed by atoms with Crippen LogP contribution in [0.15, 0.2) is 6.20 Å². The first-order valence-electron chi connectivity index (χ1n) is 6.80. The number of likely N-dealkylation sites (N-methyl/N-ethyl adjacent to an activating group) is 1. The molecule has 0 bridgehead atoms. The summed E-state index contributed by atoms with van der Waals surface area (Å²) in [7, 11) is 2.17. The predicted molar refractivity (Wildman–Crippen MR) is 74.4 cm³/mol. The molecule has 5 heteroatoms. The van der Waals surface area contributed by atoms with Crippen molar-refractivity contribution in [2.24, 2.45) is 0 Å². The summed E-state index contributed by atoms with van der Waals surface area (Å²) in [6.07, 6.45) is 3.17. The van der Waals surface area contributed by atoms with Gasteiger partial charge < -0.3 is 5.32 Å². The first-order chi connectivity index (χ1) is 8.49. The van der Waals surface area contributed by atoms with Gasteiger partial charge >= 0.3 is 0 Å². The Kier molecular flexibility index (Phi) is 5.75. The van der Waals surface area contributed by atoms with Gasteiger partial charge in [-0.1, -0.05) is 19.1 Å². The summed E-state index contributed by atoms with van der Waals surface area (Å²) in [6, 6.07) is 0. The van der Waals surface area contributed by atoms with Crippen LogP contribution in [0.25, 0.3) is 0 Å². The lowest BCUT2D eigenvalue weighted by Gasteiger charge is -2.34. The van der Waals surface area contributed by atoms with Gasteiger partial charge in [0.15, 0.2) is 0 Å². The zero-order valence-electron chi connectivity index (χ0n) is 12.4. The van der Waals surface area contributed by atoms with Crippen LogP contribution in [0.4, 0.5) is 0 Å². The summed E-state index contributed by atoms with van der Waals surface area (Å²) in [4.78, 5) is 2.37. The molecule has 18 heavy (non-hydrogen) atoms. The van der Waals surface area contributed by atoms with E-state index in [1.807, 2.05) is 10.9 Å². The zero-order chi connectivity index (χ0) is 13.6. The lowest BCUT2D eigenvalue weighted by molar-refractivity contribution is 0.144. The molecule has 104 valence electrons. The van der Waals surface area contributed by atoms with Crippen LogP contribution in [0.5, 0.6) is 0 Å². The molecule has 1 heterocycles. The standard InChI is InChI=1S/C13H27N5/c1-6-13(3,4)17(5)8-9-18-11-12(15-16-18)10-14-7-2/h11,14H,6-10H2,1-5H3. The summed E-state index contributed by atoms with van der Waals surface area (Å²) in [6.45, 7) is 12.5. The zero-order valence-corrected chi connectivity index (χ0v) is 12.4. The maximum atomic E-state index is 4.15. The number of hydrogen-bond acceptors (Lipinski definition) is 4. The van der Waals surface area contributed by atoms with Gasteiger partial charge in [-0.05, 0) is 33.9 Å². The maximum Gasteiger partial charge on any atom is 0.0964 e. The molecular weight excluding hydrogens is 226 g/mol. The van der Waals surface area contributed by atoms with E-state index >= 15 is 0 Å². The highest BCUT2D eigenvalue weighted by Crippen LogP contribution is 2.15. The predicted octanol–water partition coefficient (Wildman–Crippen LogP) is 1.51. The SMILES string of the molecule is CCNCc1cn(CCN(C)C(C)(C)CC)nn1. The number of aromatic nitrogens is 3. The van der Waals surface area contributed by atoms with E-state index in [0.717, 1.165) is 38.3 Å². The highest BCUT2D eigenvalue weighted by Gasteiger charge is 2.20. The third-order valence-corrected chi connectivity index (χ3v) is 3.71. The largest absolute Gasteiger partial charge is 0.311 e. The Morgan fingerprint density at radius 1 is 1.39 bits per heavy atom. The Balaban J connectivity index is 2.41. The molecule has 1 aromatic rings. The fourth-order valence-electron chi connectivity index (χ4n) is 1.61. The third kappa shape index (κ3) is 4.38. The van der Waals surface area contributed by atoms with Gasteiger partial charge in [0.05, 0.1) is 12.2 Å². The smallest absolute Gasteiger partial charge is 0.0964 e. The van der Waals surface area contributed by atoms with Gasteiger partial charge in [0.2, 0.25) is 0 Å². The molecule has 5 nitrogen and oxygen atoms in total. The van der Waals surface area contributed by atoms with Gasteiger partial charge in [-0.25, -0.2) is 0 Å². The Morgan fingerprint density at radius 3 is 2.72 bits per heavy atom. The summed E-state index contributed by atoms with van der Waals surface area (Å²) in [5.74, 6) is 0. The Hall–Kier alpha value is -0.940. The first-order valence-corrected chi connectivity index (χ1v) is 6.80. The second kappa shape index (κ2) is 6.85. The van der Waals surface area contributed by atoms with Crippen molar-refractivity contribution >= 4 is 0 Å². The minimum Gasteiger partial charge on any atom is -0.311 e. The van der Waals surface area contributed by atoms with Crippen LogP contribution in [-0.2, 0) is 13.1 Å². The van der Waals surface area contributed by atoms with Gasteiger partial charge in [0.1, 0.15) is 0 Å². The van der Waals surface area contributed by atoms with Gasteiger partial charge in [-0.3, -0.25) is 9.58 Å². The molecule has 0 saturated carbocycles. The van der Waals surface area contributed by atoms with E-state index in [1.54, 1.807) is 0 Å². The summed E-state index contributed by atoms with van der Waals surface area (Å²) in [5.41, 5.74) is 1.25. The van der Waals surface area contributed by atoms with Gasteiger partial charge in [-0.2, -0.15) is 0 Å². The van der Waals surface area contributed by atoms with E-state index in [9.17, 15) is 0 Å². The van der Waals surface area contributed by atoms with Crippen molar-refractivity contribution in [3.63, 3.8) is 0 Å². The molecule has 0 aromatic carbocycles. The van der Waals surface area contributed by atoms with E-state index < -0.39 is 0 Å². The molecule has 0 spiro atoms. The van der Waals surface area contributed by atoms with Crippen LogP contribution < -0.4 is 5.32 Å². The quantitative estimate of drug-likeness (QED) is 0.763. The molecule has 0 aliphatic rings. The van der Waals surface area contributed by atoms with E-state index in [4.69, 9.17) is 0 Å². The van der Waals surface area contributed by atoms with Gasteiger partial charge in [0, 0.05) is 24.8 Å². The highest BCUT2D eigenvalue weighted by molar-refractivity contribution is 4.91. The lowest BCUT2D eigenvalue weighted by Crippen LogP contribution is -2.42. The number of hydrogen-bond donors (Lipinski definition) is 1. The first kappa shape index (κ1) is 15.1. The summed E-state index contributed by atoms with van der Waals surface area (Å²) in [5, 5.41) is 11.5. The van der Waals surface area contributed by atoms with E-state index in [-0.39, 0.29) is 5.54 Å².